The van der Waals surface area contributed by atoms with E-state index in [0.717, 1.165) is 5.56 Å². The van der Waals surface area contributed by atoms with E-state index in [9.17, 15) is 0 Å². The summed E-state index contributed by atoms with van der Waals surface area (Å²) in [6, 6.07) is 9.32. The molecular weight excluding hydrogens is 192 g/mol. The summed E-state index contributed by atoms with van der Waals surface area (Å²) in [5.74, 6) is 0.343. The van der Waals surface area contributed by atoms with E-state index in [2.05, 4.69) is 17.2 Å². The number of benzene rings is 1. The molecule has 1 aromatic rings. The summed E-state index contributed by atoms with van der Waals surface area (Å²) in [6.45, 7) is 0. The molecule has 0 aromatic heterocycles. The molecule has 4 heteroatoms. The summed E-state index contributed by atoms with van der Waals surface area (Å²) >= 11 is 9.96. The Labute approximate surface area is 81.1 Å². The van der Waals surface area contributed by atoms with Crippen LogP contribution in [0.3, 0.4) is 0 Å². The minimum absolute atomic E-state index is 0.0244. The second kappa shape index (κ2) is 4.18. The summed E-state index contributed by atoms with van der Waals surface area (Å²) in [4.78, 5) is 3.74. The van der Waals surface area contributed by atoms with Crippen molar-refractivity contribution in [2.75, 3.05) is 0 Å². The molecule has 0 aliphatic rings. The van der Waals surface area contributed by atoms with E-state index in [0.29, 0.717) is 5.84 Å². The molecule has 0 saturated heterocycles. The predicted octanol–water partition coefficient (Wildman–Crippen LogP) is 1.92. The molecule has 62 valence electrons. The van der Waals surface area contributed by atoms with E-state index in [1.54, 1.807) is 0 Å². The molecule has 0 unspecified atom stereocenters. The first kappa shape index (κ1) is 9.16. The Bertz CT molecular complexity index is 308. The molecule has 0 aliphatic heterocycles. The Balaban J connectivity index is 2.93. The number of nitrogens with two attached hydrogens (primary N) is 1. The first-order chi connectivity index (χ1) is 5.70. The molecule has 0 bridgehead atoms. The molecule has 12 heavy (non-hydrogen) atoms. The fraction of sp³-hybridized carbons (Fsp3) is 0. The second-order valence-electron chi connectivity index (χ2n) is 2.12. The van der Waals surface area contributed by atoms with Gasteiger partial charge in [-0.05, 0) is 23.8 Å². The van der Waals surface area contributed by atoms with Gasteiger partial charge in [-0.3, -0.25) is 0 Å². The van der Waals surface area contributed by atoms with Crippen molar-refractivity contribution < 1.29 is 0 Å². The molecule has 2 nitrogen and oxygen atoms in total. The van der Waals surface area contributed by atoms with Gasteiger partial charge < -0.3 is 5.73 Å². The molecule has 0 amide bonds. The van der Waals surface area contributed by atoms with E-state index in [1.807, 2.05) is 30.3 Å². The monoisotopic (exact) mass is 198 g/mol. The van der Waals surface area contributed by atoms with Crippen molar-refractivity contribution in [1.82, 2.24) is 0 Å². The summed E-state index contributed by atoms with van der Waals surface area (Å²) < 4.78 is 0.0244. The summed E-state index contributed by atoms with van der Waals surface area (Å²) in [5, 5.41) is 0. The minimum atomic E-state index is 0.0244. The number of amidine groups is 1. The number of aliphatic imine (C=N–C) groups is 1. The first-order valence-corrected chi connectivity index (χ1v) is 4.08. The second-order valence-corrected chi connectivity index (χ2v) is 3.08. The van der Waals surface area contributed by atoms with Gasteiger partial charge in [-0.2, -0.15) is 0 Å². The van der Waals surface area contributed by atoms with Crippen LogP contribution in [0.5, 0.6) is 0 Å². The highest BCUT2D eigenvalue weighted by atomic mass is 35.5. The van der Waals surface area contributed by atoms with Crippen molar-refractivity contribution in [3.8, 4) is 0 Å². The van der Waals surface area contributed by atoms with Crippen LogP contribution in [0.15, 0.2) is 35.3 Å². The molecule has 0 aliphatic carbocycles. The third-order valence-electron chi connectivity index (χ3n) is 1.28. The molecule has 2 N–H and O–H groups in total. The topological polar surface area (TPSA) is 38.4 Å². The fourth-order valence-electron chi connectivity index (χ4n) is 0.768. The number of thiocarbonyl (C=S) groups is 1. The summed E-state index contributed by atoms with van der Waals surface area (Å²) in [5.41, 5.74) is 6.39. The predicted molar refractivity (Wildman–Crippen MR) is 55.6 cm³/mol. The van der Waals surface area contributed by atoms with Crippen molar-refractivity contribution in [1.29, 1.82) is 0 Å². The highest BCUT2D eigenvalue weighted by Gasteiger charge is 1.96. The highest BCUT2D eigenvalue weighted by molar-refractivity contribution is 7.83. The van der Waals surface area contributed by atoms with Gasteiger partial charge in [0, 0.05) is 5.56 Å². The molecule has 0 saturated carbocycles. The number of hydrogen-bond acceptors (Lipinski definition) is 1. The van der Waals surface area contributed by atoms with Crippen LogP contribution in [-0.4, -0.2) is 10.3 Å². The summed E-state index contributed by atoms with van der Waals surface area (Å²) in [7, 11) is 0. The zero-order chi connectivity index (χ0) is 8.97. The van der Waals surface area contributed by atoms with Crippen LogP contribution in [0.2, 0.25) is 0 Å². The highest BCUT2D eigenvalue weighted by Crippen LogP contribution is 1.99. The average molecular weight is 199 g/mol. The van der Waals surface area contributed by atoms with Crippen LogP contribution in [0.25, 0.3) is 0 Å². The van der Waals surface area contributed by atoms with Gasteiger partial charge in [0.05, 0.1) is 0 Å². The van der Waals surface area contributed by atoms with E-state index < -0.39 is 0 Å². The Kier molecular flexibility index (Phi) is 3.19. The molecule has 0 fully saturated rings. The first-order valence-electron chi connectivity index (χ1n) is 3.29. The third-order valence-corrected chi connectivity index (χ3v) is 1.45. The largest absolute Gasteiger partial charge is 0.383 e. The molecule has 0 heterocycles. The van der Waals surface area contributed by atoms with Gasteiger partial charge in [-0.1, -0.05) is 30.3 Å². The lowest BCUT2D eigenvalue weighted by molar-refractivity contribution is 1.54. The maximum absolute atomic E-state index is 5.57. The van der Waals surface area contributed by atoms with Gasteiger partial charge >= 0.3 is 0 Å². The van der Waals surface area contributed by atoms with E-state index in [4.69, 9.17) is 17.3 Å². The van der Waals surface area contributed by atoms with Crippen LogP contribution in [0.4, 0.5) is 0 Å². The van der Waals surface area contributed by atoms with Gasteiger partial charge in [0.1, 0.15) is 5.84 Å². The summed E-state index contributed by atoms with van der Waals surface area (Å²) in [6.07, 6.45) is 0. The Morgan fingerprint density at radius 3 is 2.42 bits per heavy atom. The smallest absolute Gasteiger partial charge is 0.195 e. The minimum Gasteiger partial charge on any atom is -0.383 e. The van der Waals surface area contributed by atoms with Gasteiger partial charge in [-0.25, -0.2) is 4.99 Å². The van der Waals surface area contributed by atoms with Crippen molar-refractivity contribution >= 4 is 34.1 Å². The number of rotatable bonds is 1. The normalized spacial score (nSPS) is 11.2. The van der Waals surface area contributed by atoms with Crippen LogP contribution >= 0.6 is 23.8 Å². The third kappa shape index (κ3) is 2.60. The molecule has 0 spiro atoms. The number of hydrogen-bond donors (Lipinski definition) is 1. The number of nitrogens with zero attached hydrogens (tertiary/aromatic N) is 1. The van der Waals surface area contributed by atoms with E-state index in [1.165, 1.54) is 0 Å². The molecular formula is C8H7ClN2S. The lowest BCUT2D eigenvalue weighted by atomic mass is 10.2. The standard InChI is InChI=1S/C8H7ClN2S/c9-8(12)11-7(10)6-4-2-1-3-5-6/h1-5H,(H2,10,11,12). The molecule has 1 aromatic carbocycles. The zero-order valence-corrected chi connectivity index (χ0v) is 7.77. The maximum Gasteiger partial charge on any atom is 0.195 e. The fourth-order valence-corrected chi connectivity index (χ4v) is 0.958. The average Bonchev–Trinajstić information content (AvgIpc) is 2.05. The van der Waals surface area contributed by atoms with Crippen LogP contribution in [0.1, 0.15) is 5.56 Å². The SMILES string of the molecule is NC(=NC(=S)Cl)c1ccccc1. The molecule has 0 radical (unpaired) electrons. The number of halogens is 1. The van der Waals surface area contributed by atoms with Crippen LogP contribution in [-0.2, 0) is 0 Å². The zero-order valence-electron chi connectivity index (χ0n) is 6.20. The Morgan fingerprint density at radius 2 is 1.92 bits per heavy atom. The van der Waals surface area contributed by atoms with Crippen molar-refractivity contribution in [3.63, 3.8) is 0 Å². The molecule has 0 atom stereocenters. The van der Waals surface area contributed by atoms with Crippen LogP contribution < -0.4 is 5.73 Å². The van der Waals surface area contributed by atoms with Crippen LogP contribution in [0, 0.1) is 0 Å². The Morgan fingerprint density at radius 1 is 1.33 bits per heavy atom. The lowest BCUT2D eigenvalue weighted by Crippen LogP contribution is -2.13. The molecule has 1 rings (SSSR count). The lowest BCUT2D eigenvalue weighted by Gasteiger charge is -1.97. The van der Waals surface area contributed by atoms with Gasteiger partial charge in [0.2, 0.25) is 0 Å². The van der Waals surface area contributed by atoms with Gasteiger partial charge in [0.15, 0.2) is 4.45 Å². The maximum atomic E-state index is 5.57. The van der Waals surface area contributed by atoms with Crippen molar-refractivity contribution in [3.05, 3.63) is 35.9 Å². The Hall–Kier alpha value is -0.930. The quantitative estimate of drug-likeness (QED) is 0.246. The van der Waals surface area contributed by atoms with Crippen molar-refractivity contribution in [2.45, 2.75) is 0 Å². The van der Waals surface area contributed by atoms with E-state index in [-0.39, 0.29) is 4.45 Å². The van der Waals surface area contributed by atoms with Gasteiger partial charge in [-0.15, -0.1) is 0 Å². The van der Waals surface area contributed by atoms with Crippen molar-refractivity contribution in [2.24, 2.45) is 10.7 Å². The van der Waals surface area contributed by atoms with E-state index >= 15 is 0 Å². The van der Waals surface area contributed by atoms with Gasteiger partial charge in [0.25, 0.3) is 0 Å².